The minimum Gasteiger partial charge on any atom is -0.370 e. The first kappa shape index (κ1) is 10.7. The number of rotatable bonds is 1. The van der Waals surface area contributed by atoms with Crippen molar-refractivity contribution in [3.63, 3.8) is 0 Å². The Morgan fingerprint density at radius 3 is 2.67 bits per heavy atom. The first-order chi connectivity index (χ1) is 8.69. The molecule has 3 rings (SSSR count). The molecule has 0 aliphatic carbocycles. The lowest BCUT2D eigenvalue weighted by Crippen LogP contribution is -2.44. The molecule has 5 N–H and O–H groups in total. The van der Waals surface area contributed by atoms with Crippen LogP contribution in [0, 0.1) is 0 Å². The summed E-state index contributed by atoms with van der Waals surface area (Å²) in [6, 6.07) is 13.9. The maximum absolute atomic E-state index is 6.23. The highest BCUT2D eigenvalue weighted by Gasteiger charge is 2.29. The summed E-state index contributed by atoms with van der Waals surface area (Å²) in [4.78, 5) is 8.40. The molecule has 0 aromatic heterocycles. The van der Waals surface area contributed by atoms with Crippen LogP contribution in [0.4, 0.5) is 0 Å². The Bertz CT molecular complexity index is 656. The summed E-state index contributed by atoms with van der Waals surface area (Å²) in [7, 11) is 0. The molecule has 1 heterocycles. The monoisotopic (exact) mass is 239 g/mol. The summed E-state index contributed by atoms with van der Waals surface area (Å²) < 4.78 is 0. The highest BCUT2D eigenvalue weighted by atomic mass is 15.3. The molecule has 1 unspecified atom stereocenters. The molecule has 90 valence electrons. The zero-order valence-corrected chi connectivity index (χ0v) is 9.67. The first-order valence-electron chi connectivity index (χ1n) is 5.62. The van der Waals surface area contributed by atoms with Gasteiger partial charge in [-0.3, -0.25) is 5.73 Å². The highest BCUT2D eigenvalue weighted by Crippen LogP contribution is 2.29. The van der Waals surface area contributed by atoms with Gasteiger partial charge in [-0.15, -0.1) is 0 Å². The van der Waals surface area contributed by atoms with Crippen LogP contribution in [0.5, 0.6) is 0 Å². The zero-order chi connectivity index (χ0) is 12.6. The molecule has 5 nitrogen and oxygen atoms in total. The summed E-state index contributed by atoms with van der Waals surface area (Å²) in [6.07, 6.45) is 1.48. The minimum absolute atomic E-state index is 0.264. The lowest BCUT2D eigenvalue weighted by atomic mass is 10.00. The molecule has 1 aliphatic rings. The molecule has 5 heteroatoms. The van der Waals surface area contributed by atoms with E-state index in [0.717, 1.165) is 16.3 Å². The van der Waals surface area contributed by atoms with Crippen LogP contribution >= 0.6 is 0 Å². The second kappa shape index (κ2) is 3.82. The third-order valence-corrected chi connectivity index (χ3v) is 2.95. The van der Waals surface area contributed by atoms with Gasteiger partial charge in [-0.2, -0.15) is 0 Å². The second-order valence-electron chi connectivity index (χ2n) is 4.15. The number of nitrogens with two attached hydrogens (primary N) is 2. The zero-order valence-electron chi connectivity index (χ0n) is 9.67. The van der Waals surface area contributed by atoms with Gasteiger partial charge in [0, 0.05) is 5.56 Å². The van der Waals surface area contributed by atoms with Gasteiger partial charge >= 0.3 is 0 Å². The molecule has 18 heavy (non-hydrogen) atoms. The van der Waals surface area contributed by atoms with Gasteiger partial charge in [0.2, 0.25) is 5.79 Å². The van der Waals surface area contributed by atoms with Crippen LogP contribution in [0.25, 0.3) is 10.8 Å². The van der Waals surface area contributed by atoms with Crippen molar-refractivity contribution in [3.8, 4) is 0 Å². The maximum Gasteiger partial charge on any atom is 0.234 e. The largest absolute Gasteiger partial charge is 0.370 e. The first-order valence-corrected chi connectivity index (χ1v) is 5.62. The molecule has 0 radical (unpaired) electrons. The molecule has 0 bridgehead atoms. The number of benzene rings is 2. The van der Waals surface area contributed by atoms with Gasteiger partial charge in [0.15, 0.2) is 5.96 Å². The third kappa shape index (κ3) is 1.61. The molecular formula is C13H13N5. The fourth-order valence-electron chi connectivity index (χ4n) is 2.12. The Morgan fingerprint density at radius 2 is 1.83 bits per heavy atom. The normalized spacial score (nSPS) is 22.6. The molecule has 0 spiro atoms. The van der Waals surface area contributed by atoms with Crippen LogP contribution in [0.3, 0.4) is 0 Å². The van der Waals surface area contributed by atoms with E-state index in [2.05, 4.69) is 15.3 Å². The number of guanidine groups is 1. The average Bonchev–Trinajstić information content (AvgIpc) is 2.38. The summed E-state index contributed by atoms with van der Waals surface area (Å²) in [6.45, 7) is 0. The fourth-order valence-corrected chi connectivity index (χ4v) is 2.12. The predicted octanol–water partition coefficient (Wildman–Crippen LogP) is 0.855. The number of aliphatic imine (C=N–C) groups is 2. The van der Waals surface area contributed by atoms with Crippen molar-refractivity contribution in [2.45, 2.75) is 5.79 Å². The summed E-state index contributed by atoms with van der Waals surface area (Å²) >= 11 is 0. The Kier molecular flexibility index (Phi) is 2.28. The summed E-state index contributed by atoms with van der Waals surface area (Å²) in [5.41, 5.74) is 12.7. The topological polar surface area (TPSA) is 88.8 Å². The van der Waals surface area contributed by atoms with Gasteiger partial charge in [0.05, 0.1) is 6.34 Å². The van der Waals surface area contributed by atoms with E-state index in [-0.39, 0.29) is 5.96 Å². The molecule has 0 fully saturated rings. The molecule has 1 atom stereocenters. The lowest BCUT2D eigenvalue weighted by molar-refractivity contribution is 0.493. The number of nitrogens with zero attached hydrogens (tertiary/aromatic N) is 2. The number of hydrogen-bond acceptors (Lipinski definition) is 5. The van der Waals surface area contributed by atoms with Gasteiger partial charge in [-0.05, 0) is 10.8 Å². The second-order valence-corrected chi connectivity index (χ2v) is 4.15. The Balaban J connectivity index is 2.26. The van der Waals surface area contributed by atoms with Crippen LogP contribution < -0.4 is 16.8 Å². The van der Waals surface area contributed by atoms with E-state index in [9.17, 15) is 0 Å². The third-order valence-electron chi connectivity index (χ3n) is 2.95. The fraction of sp³-hybridized carbons (Fsp3) is 0.0769. The van der Waals surface area contributed by atoms with E-state index < -0.39 is 5.79 Å². The molecule has 1 aliphatic heterocycles. The van der Waals surface area contributed by atoms with E-state index >= 15 is 0 Å². The Hall–Kier alpha value is -2.40. The minimum atomic E-state index is -1.16. The van der Waals surface area contributed by atoms with Crippen LogP contribution in [-0.4, -0.2) is 12.3 Å². The van der Waals surface area contributed by atoms with E-state index in [1.807, 2.05) is 42.5 Å². The van der Waals surface area contributed by atoms with Crippen molar-refractivity contribution >= 4 is 23.1 Å². The predicted molar refractivity (Wildman–Crippen MR) is 73.1 cm³/mol. The van der Waals surface area contributed by atoms with Crippen molar-refractivity contribution in [2.24, 2.45) is 21.5 Å². The smallest absolute Gasteiger partial charge is 0.234 e. The van der Waals surface area contributed by atoms with Crippen molar-refractivity contribution in [1.82, 2.24) is 5.32 Å². The molecular weight excluding hydrogens is 226 g/mol. The van der Waals surface area contributed by atoms with Gasteiger partial charge in [0.1, 0.15) is 0 Å². The van der Waals surface area contributed by atoms with Crippen LogP contribution in [0.15, 0.2) is 52.4 Å². The van der Waals surface area contributed by atoms with Crippen molar-refractivity contribution in [1.29, 1.82) is 0 Å². The average molecular weight is 239 g/mol. The number of fused-ring (bicyclic) bond motifs is 1. The van der Waals surface area contributed by atoms with E-state index in [1.165, 1.54) is 6.34 Å². The van der Waals surface area contributed by atoms with Crippen LogP contribution in [-0.2, 0) is 5.79 Å². The Morgan fingerprint density at radius 1 is 1.06 bits per heavy atom. The Labute approximate surface area is 104 Å². The SMILES string of the molecule is NC1=NC(N)(c2cccc3ccccc23)N=CN1. The van der Waals surface area contributed by atoms with Crippen LogP contribution in [0.2, 0.25) is 0 Å². The summed E-state index contributed by atoms with van der Waals surface area (Å²) in [5, 5.41) is 4.84. The maximum atomic E-state index is 6.23. The van der Waals surface area contributed by atoms with Crippen molar-refractivity contribution in [2.75, 3.05) is 0 Å². The number of nitrogens with one attached hydrogen (secondary N) is 1. The van der Waals surface area contributed by atoms with Crippen molar-refractivity contribution < 1.29 is 0 Å². The van der Waals surface area contributed by atoms with Crippen molar-refractivity contribution in [3.05, 3.63) is 48.0 Å². The van der Waals surface area contributed by atoms with Gasteiger partial charge < -0.3 is 11.1 Å². The van der Waals surface area contributed by atoms with Gasteiger partial charge in [-0.1, -0.05) is 42.5 Å². The standard InChI is InChI=1S/C13H13N5/c14-12-16-8-17-13(15,18-12)11-7-3-5-9-4-1-2-6-10(9)11/h1-8H,15H2,(H3,14,16,17,18). The van der Waals surface area contributed by atoms with E-state index in [0.29, 0.717) is 0 Å². The molecule has 2 aromatic rings. The lowest BCUT2D eigenvalue weighted by Gasteiger charge is -2.25. The highest BCUT2D eigenvalue weighted by molar-refractivity contribution is 5.92. The van der Waals surface area contributed by atoms with E-state index in [4.69, 9.17) is 11.5 Å². The van der Waals surface area contributed by atoms with Gasteiger partial charge in [0.25, 0.3) is 0 Å². The number of hydrogen-bond donors (Lipinski definition) is 3. The molecule has 0 saturated heterocycles. The molecule has 0 amide bonds. The van der Waals surface area contributed by atoms with E-state index in [1.54, 1.807) is 0 Å². The van der Waals surface area contributed by atoms with Gasteiger partial charge in [-0.25, -0.2) is 9.98 Å². The molecule has 0 saturated carbocycles. The molecule has 2 aromatic carbocycles. The quantitative estimate of drug-likeness (QED) is 0.689. The summed E-state index contributed by atoms with van der Waals surface area (Å²) in [5.74, 6) is -0.892. The van der Waals surface area contributed by atoms with Crippen LogP contribution in [0.1, 0.15) is 5.56 Å².